The minimum Gasteiger partial charge on any atom is -0.497 e. The van der Waals surface area contributed by atoms with Crippen LogP contribution in [0.15, 0.2) is 50.4 Å². The zero-order chi connectivity index (χ0) is 22.8. The number of amides is 1. The van der Waals surface area contributed by atoms with E-state index in [0.29, 0.717) is 10.9 Å². The molecule has 3 heterocycles. The van der Waals surface area contributed by atoms with E-state index in [9.17, 15) is 14.9 Å². The minimum absolute atomic E-state index is 0.0278. The molecule has 0 spiro atoms. The van der Waals surface area contributed by atoms with Crippen LogP contribution in [0.5, 0.6) is 5.75 Å². The molecule has 1 aromatic heterocycles. The van der Waals surface area contributed by atoms with Gasteiger partial charge in [-0.2, -0.15) is 15.1 Å². The molecule has 0 fully saturated rings. The molecule has 164 valence electrons. The van der Waals surface area contributed by atoms with Crippen LogP contribution in [-0.4, -0.2) is 39.0 Å². The summed E-state index contributed by atoms with van der Waals surface area (Å²) in [6.07, 6.45) is 4.14. The maximum absolute atomic E-state index is 12.5. The van der Waals surface area contributed by atoms with Gasteiger partial charge in [0.25, 0.3) is 11.6 Å². The maximum atomic E-state index is 12.5. The lowest BCUT2D eigenvalue weighted by molar-refractivity contribution is -0.384. The second-order valence-electron chi connectivity index (χ2n) is 6.96. The van der Waals surface area contributed by atoms with Crippen LogP contribution in [0.1, 0.15) is 31.9 Å². The van der Waals surface area contributed by atoms with Gasteiger partial charge in [-0.3, -0.25) is 20.3 Å². The Morgan fingerprint density at radius 1 is 1.34 bits per heavy atom. The second-order valence-corrected chi connectivity index (χ2v) is 8.00. The third kappa shape index (κ3) is 4.06. The number of benzene rings is 1. The second kappa shape index (κ2) is 8.79. The van der Waals surface area contributed by atoms with Gasteiger partial charge in [-0.05, 0) is 54.9 Å². The number of carbonyl (C=O) groups is 1. The summed E-state index contributed by atoms with van der Waals surface area (Å²) in [4.78, 5) is 27.5. The van der Waals surface area contributed by atoms with Crippen molar-refractivity contribution in [2.75, 3.05) is 7.11 Å². The van der Waals surface area contributed by atoms with Gasteiger partial charge >= 0.3 is 0 Å². The van der Waals surface area contributed by atoms with Gasteiger partial charge in [0.1, 0.15) is 22.3 Å². The number of nitrogens with one attached hydrogen (secondary N) is 1. The van der Waals surface area contributed by atoms with Crippen LogP contribution >= 0.6 is 11.8 Å². The summed E-state index contributed by atoms with van der Waals surface area (Å²) < 4.78 is 10.8. The third-order valence-electron chi connectivity index (χ3n) is 4.82. The monoisotopic (exact) mass is 453 g/mol. The number of fused-ring (bicyclic) bond motifs is 1. The van der Waals surface area contributed by atoms with Gasteiger partial charge < -0.3 is 9.15 Å². The Bertz CT molecular complexity index is 1210. The quantitative estimate of drug-likeness (QED) is 0.365. The molecule has 2 aliphatic rings. The predicted octanol–water partition coefficient (Wildman–Crippen LogP) is 4.67. The molecule has 2 aliphatic heterocycles. The third-order valence-corrected chi connectivity index (χ3v) is 5.79. The van der Waals surface area contributed by atoms with Gasteiger partial charge in [0, 0.05) is 0 Å². The van der Waals surface area contributed by atoms with Crippen LogP contribution in [0, 0.1) is 15.5 Å². The Kier molecular flexibility index (Phi) is 5.91. The molecule has 1 N–H and O–H groups in total. The molecular formula is C21H19N5O5S. The van der Waals surface area contributed by atoms with Gasteiger partial charge in [-0.15, -0.1) is 0 Å². The highest BCUT2D eigenvalue weighted by Gasteiger charge is 2.35. The van der Waals surface area contributed by atoms with E-state index in [0.717, 1.165) is 24.3 Å². The maximum Gasteiger partial charge on any atom is 0.284 e. The van der Waals surface area contributed by atoms with Gasteiger partial charge in [-0.1, -0.05) is 13.3 Å². The fourth-order valence-electron chi connectivity index (χ4n) is 3.18. The molecule has 1 aromatic carbocycles. The number of hydrogen-bond acceptors (Lipinski definition) is 8. The number of hydrazone groups is 1. The molecule has 2 aromatic rings. The SMILES string of the molecule is CCCCC1=NN2C(=N)/C(=C/c3ccc(-c4ccc(OC)cc4[N+](=O)[O-])o3)C(=O)N=C2S1. The molecule has 0 bridgehead atoms. The molecule has 11 heteroatoms. The van der Waals surface area contributed by atoms with E-state index in [1.54, 1.807) is 18.2 Å². The standard InChI is InChI=1S/C21H19N5O5S/c1-3-4-5-18-24-25-19(22)15(20(27)23-21(25)32-18)10-13-7-9-17(31-13)14-8-6-12(30-2)11-16(14)26(28)29/h6-11,22H,3-5H2,1-2H3/b15-10-,22-19?. The average Bonchev–Trinajstić information content (AvgIpc) is 3.41. The molecular weight excluding hydrogens is 434 g/mol. The Hall–Kier alpha value is -3.73. The van der Waals surface area contributed by atoms with Crippen LogP contribution in [-0.2, 0) is 4.79 Å². The highest BCUT2D eigenvalue weighted by atomic mass is 32.2. The molecule has 32 heavy (non-hydrogen) atoms. The zero-order valence-electron chi connectivity index (χ0n) is 17.3. The number of nitro benzene ring substituents is 1. The Labute approximate surface area is 187 Å². The number of nitrogens with zero attached hydrogens (tertiary/aromatic N) is 4. The van der Waals surface area contributed by atoms with Crippen LogP contribution in [0.3, 0.4) is 0 Å². The van der Waals surface area contributed by atoms with E-state index >= 15 is 0 Å². The van der Waals surface area contributed by atoms with Crippen LogP contribution in [0.4, 0.5) is 5.69 Å². The van der Waals surface area contributed by atoms with Crippen molar-refractivity contribution < 1.29 is 18.9 Å². The predicted molar refractivity (Wildman–Crippen MR) is 122 cm³/mol. The van der Waals surface area contributed by atoms with Crippen molar-refractivity contribution in [2.24, 2.45) is 10.1 Å². The van der Waals surface area contributed by atoms with E-state index < -0.39 is 10.8 Å². The lowest BCUT2D eigenvalue weighted by atomic mass is 10.1. The van der Waals surface area contributed by atoms with Gasteiger partial charge in [0.05, 0.1) is 29.2 Å². The number of aliphatic imine (C=N–C) groups is 1. The van der Waals surface area contributed by atoms with E-state index in [2.05, 4.69) is 17.0 Å². The van der Waals surface area contributed by atoms with Crippen molar-refractivity contribution in [1.29, 1.82) is 5.41 Å². The summed E-state index contributed by atoms with van der Waals surface area (Å²) in [6.45, 7) is 2.08. The minimum atomic E-state index is -0.561. The fourth-order valence-corrected chi connectivity index (χ4v) is 4.10. The average molecular weight is 453 g/mol. The van der Waals surface area contributed by atoms with Gasteiger partial charge in [0.15, 0.2) is 5.84 Å². The topological polar surface area (TPSA) is 134 Å². The lowest BCUT2D eigenvalue weighted by Gasteiger charge is -2.19. The number of methoxy groups -OCH3 is 1. The first-order valence-electron chi connectivity index (χ1n) is 9.83. The number of furan rings is 1. The number of carbonyl (C=O) groups excluding carboxylic acids is 1. The zero-order valence-corrected chi connectivity index (χ0v) is 18.1. The first-order chi connectivity index (χ1) is 15.4. The van der Waals surface area contributed by atoms with Crippen LogP contribution in [0.2, 0.25) is 0 Å². The van der Waals surface area contributed by atoms with Crippen molar-refractivity contribution in [3.63, 3.8) is 0 Å². The number of ether oxygens (including phenoxy) is 1. The fraction of sp³-hybridized carbons (Fsp3) is 0.238. The van der Waals surface area contributed by atoms with E-state index in [1.165, 1.54) is 42.1 Å². The summed E-state index contributed by atoms with van der Waals surface area (Å²) >= 11 is 1.30. The number of amidine groups is 2. The largest absolute Gasteiger partial charge is 0.497 e. The van der Waals surface area contributed by atoms with Gasteiger partial charge in [0.2, 0.25) is 5.17 Å². The molecule has 0 saturated carbocycles. The number of hydrogen-bond donors (Lipinski definition) is 1. The molecule has 0 radical (unpaired) electrons. The van der Waals surface area contributed by atoms with Crippen molar-refractivity contribution in [2.45, 2.75) is 26.2 Å². The first-order valence-corrected chi connectivity index (χ1v) is 10.6. The summed E-state index contributed by atoms with van der Waals surface area (Å²) in [5.41, 5.74) is 0.128. The number of rotatable bonds is 7. The summed E-state index contributed by atoms with van der Waals surface area (Å²) in [5, 5.41) is 26.8. The molecule has 0 unspecified atom stereocenters. The van der Waals surface area contributed by atoms with E-state index in [1.807, 2.05) is 0 Å². The number of thioether (sulfide) groups is 1. The van der Waals surface area contributed by atoms with E-state index in [-0.39, 0.29) is 34.2 Å². The molecule has 10 nitrogen and oxygen atoms in total. The Morgan fingerprint density at radius 3 is 2.88 bits per heavy atom. The number of unbranched alkanes of at least 4 members (excludes halogenated alkanes) is 1. The summed E-state index contributed by atoms with van der Waals surface area (Å²) in [7, 11) is 1.43. The van der Waals surface area contributed by atoms with Crippen molar-refractivity contribution in [1.82, 2.24) is 5.01 Å². The summed E-state index contributed by atoms with van der Waals surface area (Å²) in [6, 6.07) is 7.58. The van der Waals surface area contributed by atoms with Crippen molar-refractivity contribution in [3.05, 3.63) is 51.8 Å². The number of nitro groups is 1. The van der Waals surface area contributed by atoms with Crippen LogP contribution in [0.25, 0.3) is 17.4 Å². The molecule has 1 amide bonds. The highest BCUT2D eigenvalue weighted by molar-refractivity contribution is 8.26. The normalized spacial score (nSPS) is 16.8. The van der Waals surface area contributed by atoms with Crippen molar-refractivity contribution >= 4 is 45.5 Å². The first kappa shape index (κ1) is 21.5. The lowest BCUT2D eigenvalue weighted by Crippen LogP contribution is -2.35. The van der Waals surface area contributed by atoms with E-state index in [4.69, 9.17) is 14.6 Å². The highest BCUT2D eigenvalue weighted by Crippen LogP contribution is 2.35. The smallest absolute Gasteiger partial charge is 0.284 e. The molecule has 4 rings (SSSR count). The Morgan fingerprint density at radius 2 is 2.16 bits per heavy atom. The molecule has 0 atom stereocenters. The molecule has 0 aliphatic carbocycles. The Balaban J connectivity index is 1.63. The van der Waals surface area contributed by atoms with Gasteiger partial charge in [-0.25, -0.2) is 0 Å². The summed E-state index contributed by atoms with van der Waals surface area (Å²) in [5.74, 6) is 0.216. The van der Waals surface area contributed by atoms with Crippen molar-refractivity contribution in [3.8, 4) is 17.1 Å². The molecule has 0 saturated heterocycles. The van der Waals surface area contributed by atoms with Crippen LogP contribution < -0.4 is 4.74 Å².